The number of aromatic amines is 1. The van der Waals surface area contributed by atoms with E-state index in [-0.39, 0.29) is 5.91 Å². The van der Waals surface area contributed by atoms with E-state index in [4.69, 9.17) is 0 Å². The molecule has 0 aliphatic carbocycles. The van der Waals surface area contributed by atoms with Crippen LogP contribution in [0.4, 0.5) is 14.5 Å². The Labute approximate surface area is 142 Å². The highest BCUT2D eigenvalue weighted by Crippen LogP contribution is 2.23. The van der Waals surface area contributed by atoms with Gasteiger partial charge in [-0.3, -0.25) is 9.89 Å². The molecule has 25 heavy (non-hydrogen) atoms. The van der Waals surface area contributed by atoms with Crippen LogP contribution in [0.5, 0.6) is 0 Å². The molecule has 3 aromatic rings. The highest BCUT2D eigenvalue weighted by molar-refractivity contribution is 6.06. The van der Waals surface area contributed by atoms with E-state index in [1.807, 2.05) is 17.0 Å². The first-order chi connectivity index (χ1) is 12.1. The fourth-order valence-electron chi connectivity index (χ4n) is 3.21. The lowest BCUT2D eigenvalue weighted by molar-refractivity contribution is 0.0748. The maximum Gasteiger partial charge on any atom is 0.254 e. The van der Waals surface area contributed by atoms with Gasteiger partial charge in [0.1, 0.15) is 11.6 Å². The molecular formula is C18H16F2N4O. The minimum atomic E-state index is -0.594. The van der Waals surface area contributed by atoms with E-state index in [1.54, 1.807) is 17.2 Å². The number of carbonyl (C=O) groups is 1. The topological polar surface area (TPSA) is 52.2 Å². The van der Waals surface area contributed by atoms with E-state index >= 15 is 0 Å². The van der Waals surface area contributed by atoms with Gasteiger partial charge in [-0.1, -0.05) is 6.07 Å². The molecule has 1 saturated heterocycles. The molecule has 128 valence electrons. The quantitative estimate of drug-likeness (QED) is 0.779. The minimum absolute atomic E-state index is 0.0637. The van der Waals surface area contributed by atoms with Gasteiger partial charge in [0.15, 0.2) is 0 Å². The normalized spacial score (nSPS) is 15.0. The second-order valence-electron chi connectivity index (χ2n) is 6.01. The Morgan fingerprint density at radius 3 is 2.64 bits per heavy atom. The first-order valence-corrected chi connectivity index (χ1v) is 8.05. The maximum absolute atomic E-state index is 13.9. The van der Waals surface area contributed by atoms with Crippen LogP contribution in [0.25, 0.3) is 10.9 Å². The van der Waals surface area contributed by atoms with E-state index in [0.29, 0.717) is 37.4 Å². The van der Waals surface area contributed by atoms with E-state index in [2.05, 4.69) is 10.2 Å². The van der Waals surface area contributed by atoms with Crippen molar-refractivity contribution in [3.8, 4) is 0 Å². The van der Waals surface area contributed by atoms with Crippen LogP contribution in [0.3, 0.4) is 0 Å². The lowest BCUT2D eigenvalue weighted by atomic mass is 10.1. The largest absolute Gasteiger partial charge is 0.366 e. The molecule has 4 rings (SSSR count). The number of H-pyrrole nitrogens is 1. The number of piperazine rings is 1. The third-order valence-electron chi connectivity index (χ3n) is 4.53. The monoisotopic (exact) mass is 342 g/mol. The van der Waals surface area contributed by atoms with Crippen molar-refractivity contribution in [1.82, 2.24) is 15.1 Å². The van der Waals surface area contributed by atoms with Crippen LogP contribution < -0.4 is 4.90 Å². The van der Waals surface area contributed by atoms with Crippen molar-refractivity contribution in [2.24, 2.45) is 0 Å². The van der Waals surface area contributed by atoms with Crippen LogP contribution in [-0.4, -0.2) is 47.2 Å². The number of carbonyl (C=O) groups excluding carboxylic acids is 1. The number of anilines is 1. The molecule has 1 N–H and O–H groups in total. The molecule has 1 aliphatic rings. The number of hydrogen-bond acceptors (Lipinski definition) is 3. The molecule has 2 heterocycles. The summed E-state index contributed by atoms with van der Waals surface area (Å²) in [4.78, 5) is 16.4. The van der Waals surface area contributed by atoms with Crippen molar-refractivity contribution >= 4 is 22.5 Å². The molecule has 1 fully saturated rings. The van der Waals surface area contributed by atoms with E-state index < -0.39 is 11.6 Å². The van der Waals surface area contributed by atoms with Gasteiger partial charge in [-0.15, -0.1) is 0 Å². The molecule has 1 aliphatic heterocycles. The standard InChI is InChI=1S/C18H16F2N4O/c19-12-4-5-17(15(20)10-12)23-6-8-24(9-7-23)18(25)13-2-1-3-16-14(13)11-21-22-16/h1-5,10-11H,6-9H2,(H,21,22). The summed E-state index contributed by atoms with van der Waals surface area (Å²) < 4.78 is 27.0. The molecule has 2 aromatic carbocycles. The summed E-state index contributed by atoms with van der Waals surface area (Å²) in [6, 6.07) is 9.04. The molecule has 0 saturated carbocycles. The predicted molar refractivity (Wildman–Crippen MR) is 90.6 cm³/mol. The third kappa shape index (κ3) is 2.82. The number of benzene rings is 2. The van der Waals surface area contributed by atoms with Gasteiger partial charge in [0.2, 0.25) is 0 Å². The first kappa shape index (κ1) is 15.6. The van der Waals surface area contributed by atoms with Crippen molar-refractivity contribution in [3.63, 3.8) is 0 Å². The van der Waals surface area contributed by atoms with Crippen LogP contribution >= 0.6 is 0 Å². The van der Waals surface area contributed by atoms with Crippen LogP contribution in [0.1, 0.15) is 10.4 Å². The molecule has 7 heteroatoms. The molecule has 0 spiro atoms. The Morgan fingerprint density at radius 2 is 1.88 bits per heavy atom. The van der Waals surface area contributed by atoms with Gasteiger partial charge < -0.3 is 9.80 Å². The SMILES string of the molecule is O=C(c1cccc2[nH]ncc12)N1CCN(c2ccc(F)cc2F)CC1. The number of nitrogens with zero attached hydrogens (tertiary/aromatic N) is 3. The number of rotatable bonds is 2. The predicted octanol–water partition coefficient (Wildman–Crippen LogP) is 2.80. The molecule has 0 radical (unpaired) electrons. The summed E-state index contributed by atoms with van der Waals surface area (Å²) in [5, 5.41) is 7.63. The van der Waals surface area contributed by atoms with Gasteiger partial charge in [-0.25, -0.2) is 8.78 Å². The summed E-state index contributed by atoms with van der Waals surface area (Å²) in [5.41, 5.74) is 1.79. The Hall–Kier alpha value is -2.96. The van der Waals surface area contributed by atoms with Gasteiger partial charge in [-0.05, 0) is 24.3 Å². The number of halogens is 2. The van der Waals surface area contributed by atoms with E-state index in [9.17, 15) is 13.6 Å². The van der Waals surface area contributed by atoms with Crippen LogP contribution in [0.15, 0.2) is 42.6 Å². The summed E-state index contributed by atoms with van der Waals surface area (Å²) in [5.74, 6) is -1.24. The molecule has 1 amide bonds. The first-order valence-electron chi connectivity index (χ1n) is 8.05. The number of fused-ring (bicyclic) bond motifs is 1. The highest BCUT2D eigenvalue weighted by Gasteiger charge is 2.25. The lowest BCUT2D eigenvalue weighted by Crippen LogP contribution is -2.49. The molecule has 5 nitrogen and oxygen atoms in total. The number of amides is 1. The summed E-state index contributed by atoms with van der Waals surface area (Å²) >= 11 is 0. The van der Waals surface area contributed by atoms with Crippen LogP contribution in [0.2, 0.25) is 0 Å². The van der Waals surface area contributed by atoms with Crippen molar-refractivity contribution in [2.45, 2.75) is 0 Å². The average molecular weight is 342 g/mol. The fourth-order valence-corrected chi connectivity index (χ4v) is 3.21. The maximum atomic E-state index is 13.9. The highest BCUT2D eigenvalue weighted by atomic mass is 19.1. The third-order valence-corrected chi connectivity index (χ3v) is 4.53. The van der Waals surface area contributed by atoms with Crippen molar-refractivity contribution in [3.05, 3.63) is 59.8 Å². The fraction of sp³-hybridized carbons (Fsp3) is 0.222. The van der Waals surface area contributed by atoms with Gasteiger partial charge in [0.05, 0.1) is 23.0 Å². The molecule has 0 bridgehead atoms. The number of hydrogen-bond donors (Lipinski definition) is 1. The second kappa shape index (κ2) is 6.16. The zero-order chi connectivity index (χ0) is 17.4. The Morgan fingerprint density at radius 1 is 1.08 bits per heavy atom. The smallest absolute Gasteiger partial charge is 0.254 e. The molecular weight excluding hydrogens is 326 g/mol. The summed E-state index contributed by atoms with van der Waals surface area (Å²) in [6.07, 6.45) is 1.65. The van der Waals surface area contributed by atoms with E-state index in [1.165, 1.54) is 12.1 Å². The van der Waals surface area contributed by atoms with Gasteiger partial charge in [0.25, 0.3) is 5.91 Å². The Balaban J connectivity index is 1.50. The lowest BCUT2D eigenvalue weighted by Gasteiger charge is -2.36. The Kier molecular flexibility index (Phi) is 3.83. The summed E-state index contributed by atoms with van der Waals surface area (Å²) in [7, 11) is 0. The van der Waals surface area contributed by atoms with Crippen molar-refractivity contribution < 1.29 is 13.6 Å². The van der Waals surface area contributed by atoms with E-state index in [0.717, 1.165) is 17.0 Å². The number of aromatic nitrogens is 2. The average Bonchev–Trinajstić information content (AvgIpc) is 3.10. The molecule has 0 unspecified atom stereocenters. The second-order valence-corrected chi connectivity index (χ2v) is 6.01. The van der Waals surface area contributed by atoms with Crippen molar-refractivity contribution in [1.29, 1.82) is 0 Å². The zero-order valence-electron chi connectivity index (χ0n) is 13.4. The van der Waals surface area contributed by atoms with Gasteiger partial charge >= 0.3 is 0 Å². The molecule has 0 atom stereocenters. The Bertz CT molecular complexity index is 932. The van der Waals surface area contributed by atoms with Crippen molar-refractivity contribution in [2.75, 3.05) is 31.1 Å². The zero-order valence-corrected chi connectivity index (χ0v) is 13.4. The number of nitrogens with one attached hydrogen (secondary N) is 1. The molecule has 1 aromatic heterocycles. The van der Waals surface area contributed by atoms with Gasteiger partial charge in [-0.2, -0.15) is 5.10 Å². The van der Waals surface area contributed by atoms with Crippen LogP contribution in [-0.2, 0) is 0 Å². The summed E-state index contributed by atoms with van der Waals surface area (Å²) in [6.45, 7) is 1.94. The van der Waals surface area contributed by atoms with Crippen LogP contribution in [0, 0.1) is 11.6 Å². The minimum Gasteiger partial charge on any atom is -0.366 e. The van der Waals surface area contributed by atoms with Gasteiger partial charge in [0, 0.05) is 37.6 Å².